The highest BCUT2D eigenvalue weighted by Crippen LogP contribution is 2.18. The van der Waals surface area contributed by atoms with Gasteiger partial charge in [-0.25, -0.2) is 5.43 Å². The minimum atomic E-state index is 0.362. The van der Waals surface area contributed by atoms with E-state index in [-0.39, 0.29) is 0 Å². The van der Waals surface area contributed by atoms with Crippen molar-refractivity contribution < 1.29 is 0 Å². The number of hydrazine groups is 1. The van der Waals surface area contributed by atoms with Crippen LogP contribution in [-0.4, -0.2) is 25.4 Å². The van der Waals surface area contributed by atoms with E-state index in [0.29, 0.717) is 6.04 Å². The maximum atomic E-state index is 3.32. The summed E-state index contributed by atoms with van der Waals surface area (Å²) in [6, 6.07) is 9.03. The summed E-state index contributed by atoms with van der Waals surface area (Å²) in [7, 11) is 4.01. The third-order valence-electron chi connectivity index (χ3n) is 2.07. The summed E-state index contributed by atoms with van der Waals surface area (Å²) < 4.78 is 0. The SMILES string of the molecule is CSc1ccc(C(C)NN(C)C)cc1. The van der Waals surface area contributed by atoms with Crippen molar-refractivity contribution in [3.8, 4) is 0 Å². The molecule has 1 unspecified atom stereocenters. The van der Waals surface area contributed by atoms with Gasteiger partial charge in [0.25, 0.3) is 0 Å². The Kier molecular flexibility index (Phi) is 4.45. The highest BCUT2D eigenvalue weighted by atomic mass is 32.2. The predicted octanol–water partition coefficient (Wildman–Crippen LogP) is 2.54. The van der Waals surface area contributed by atoms with Crippen LogP contribution >= 0.6 is 11.8 Å². The van der Waals surface area contributed by atoms with Crippen LogP contribution in [0.4, 0.5) is 0 Å². The lowest BCUT2D eigenvalue weighted by Crippen LogP contribution is -2.32. The standard InChI is InChI=1S/C11H18N2S/c1-9(12-13(2)3)10-5-7-11(14-4)8-6-10/h5-9,12H,1-4H3. The van der Waals surface area contributed by atoms with Gasteiger partial charge in [0, 0.05) is 25.0 Å². The molecule has 1 atom stereocenters. The van der Waals surface area contributed by atoms with Gasteiger partial charge in [-0.3, -0.25) is 5.01 Å². The largest absolute Gasteiger partial charge is 0.250 e. The lowest BCUT2D eigenvalue weighted by atomic mass is 10.1. The number of benzene rings is 1. The first-order chi connectivity index (χ1) is 6.63. The molecule has 0 saturated carbocycles. The Morgan fingerprint density at radius 3 is 2.21 bits per heavy atom. The van der Waals surface area contributed by atoms with Crippen molar-refractivity contribution in [1.82, 2.24) is 10.4 Å². The van der Waals surface area contributed by atoms with Gasteiger partial charge in [0.2, 0.25) is 0 Å². The van der Waals surface area contributed by atoms with Gasteiger partial charge in [-0.1, -0.05) is 12.1 Å². The van der Waals surface area contributed by atoms with E-state index in [1.54, 1.807) is 11.8 Å². The van der Waals surface area contributed by atoms with Crippen LogP contribution in [0.5, 0.6) is 0 Å². The van der Waals surface area contributed by atoms with E-state index < -0.39 is 0 Å². The van der Waals surface area contributed by atoms with Crippen molar-refractivity contribution in [1.29, 1.82) is 0 Å². The maximum absolute atomic E-state index is 3.32. The molecule has 0 saturated heterocycles. The fourth-order valence-electron chi connectivity index (χ4n) is 1.35. The van der Waals surface area contributed by atoms with Crippen LogP contribution in [-0.2, 0) is 0 Å². The number of hydrogen-bond acceptors (Lipinski definition) is 3. The predicted molar refractivity (Wildman–Crippen MR) is 63.5 cm³/mol. The molecule has 0 radical (unpaired) electrons. The third kappa shape index (κ3) is 3.33. The minimum absolute atomic E-state index is 0.362. The van der Waals surface area contributed by atoms with Crippen LogP contribution in [0.1, 0.15) is 18.5 Å². The van der Waals surface area contributed by atoms with Gasteiger partial charge in [0.1, 0.15) is 0 Å². The van der Waals surface area contributed by atoms with E-state index in [2.05, 4.69) is 42.9 Å². The fraction of sp³-hybridized carbons (Fsp3) is 0.455. The molecule has 0 bridgehead atoms. The first-order valence-electron chi connectivity index (χ1n) is 4.71. The molecule has 1 rings (SSSR count). The quantitative estimate of drug-likeness (QED) is 0.607. The number of thioether (sulfide) groups is 1. The van der Waals surface area contributed by atoms with Crippen LogP contribution < -0.4 is 5.43 Å². The highest BCUT2D eigenvalue weighted by molar-refractivity contribution is 7.98. The van der Waals surface area contributed by atoms with Crippen LogP contribution in [0.3, 0.4) is 0 Å². The Morgan fingerprint density at radius 2 is 1.79 bits per heavy atom. The van der Waals surface area contributed by atoms with Gasteiger partial charge in [0.05, 0.1) is 0 Å². The smallest absolute Gasteiger partial charge is 0.0436 e. The average Bonchev–Trinajstić information content (AvgIpc) is 2.17. The number of nitrogens with zero attached hydrogens (tertiary/aromatic N) is 1. The summed E-state index contributed by atoms with van der Waals surface area (Å²) in [5.41, 5.74) is 4.64. The summed E-state index contributed by atoms with van der Waals surface area (Å²) in [6.07, 6.45) is 2.09. The topological polar surface area (TPSA) is 15.3 Å². The van der Waals surface area contributed by atoms with Crippen LogP contribution in [0.2, 0.25) is 0 Å². The van der Waals surface area contributed by atoms with Gasteiger partial charge < -0.3 is 0 Å². The first kappa shape index (κ1) is 11.6. The molecule has 0 heterocycles. The van der Waals surface area contributed by atoms with Crippen molar-refractivity contribution in [3.05, 3.63) is 29.8 Å². The molecule has 14 heavy (non-hydrogen) atoms. The minimum Gasteiger partial charge on any atom is -0.250 e. The second-order valence-corrected chi connectivity index (χ2v) is 4.40. The molecule has 78 valence electrons. The van der Waals surface area contributed by atoms with E-state index in [1.165, 1.54) is 10.5 Å². The second-order valence-electron chi connectivity index (χ2n) is 3.52. The Balaban J connectivity index is 2.66. The molecule has 0 aliphatic carbocycles. The molecule has 0 amide bonds. The summed E-state index contributed by atoms with van der Waals surface area (Å²) >= 11 is 1.77. The van der Waals surface area contributed by atoms with E-state index in [1.807, 2.05) is 19.1 Å². The molecule has 3 heteroatoms. The van der Waals surface area contributed by atoms with Crippen molar-refractivity contribution in [2.45, 2.75) is 17.9 Å². The first-order valence-corrected chi connectivity index (χ1v) is 5.93. The van der Waals surface area contributed by atoms with Gasteiger partial charge in [-0.15, -0.1) is 11.8 Å². The zero-order chi connectivity index (χ0) is 10.6. The molecule has 0 fully saturated rings. The molecule has 0 aliphatic heterocycles. The number of nitrogens with one attached hydrogen (secondary N) is 1. The van der Waals surface area contributed by atoms with Gasteiger partial charge in [-0.2, -0.15) is 0 Å². The Hall–Kier alpha value is -0.510. The van der Waals surface area contributed by atoms with Crippen molar-refractivity contribution in [2.75, 3.05) is 20.4 Å². The van der Waals surface area contributed by atoms with E-state index in [9.17, 15) is 0 Å². The molecular weight excluding hydrogens is 192 g/mol. The second kappa shape index (κ2) is 5.39. The molecule has 0 aromatic heterocycles. The van der Waals surface area contributed by atoms with Gasteiger partial charge >= 0.3 is 0 Å². The maximum Gasteiger partial charge on any atom is 0.0436 e. The van der Waals surface area contributed by atoms with Crippen LogP contribution in [0.15, 0.2) is 29.2 Å². The average molecular weight is 210 g/mol. The third-order valence-corrected chi connectivity index (χ3v) is 2.81. The number of hydrogen-bond donors (Lipinski definition) is 1. The summed E-state index contributed by atoms with van der Waals surface area (Å²) in [6.45, 7) is 2.16. The van der Waals surface area contributed by atoms with Gasteiger partial charge in [0.15, 0.2) is 0 Å². The lowest BCUT2D eigenvalue weighted by Gasteiger charge is -2.19. The highest BCUT2D eigenvalue weighted by Gasteiger charge is 2.04. The van der Waals surface area contributed by atoms with Crippen LogP contribution in [0.25, 0.3) is 0 Å². The Labute approximate surface area is 90.7 Å². The summed E-state index contributed by atoms with van der Waals surface area (Å²) in [5, 5.41) is 1.98. The summed E-state index contributed by atoms with van der Waals surface area (Å²) in [5.74, 6) is 0. The number of rotatable bonds is 4. The van der Waals surface area contributed by atoms with Crippen LogP contribution in [0, 0.1) is 0 Å². The van der Waals surface area contributed by atoms with E-state index in [0.717, 1.165) is 0 Å². The molecule has 2 nitrogen and oxygen atoms in total. The summed E-state index contributed by atoms with van der Waals surface area (Å²) in [4.78, 5) is 1.31. The zero-order valence-electron chi connectivity index (χ0n) is 9.24. The van der Waals surface area contributed by atoms with Crippen molar-refractivity contribution in [2.24, 2.45) is 0 Å². The molecular formula is C11H18N2S. The molecule has 1 aromatic carbocycles. The van der Waals surface area contributed by atoms with Crippen molar-refractivity contribution in [3.63, 3.8) is 0 Å². The fourth-order valence-corrected chi connectivity index (χ4v) is 1.76. The van der Waals surface area contributed by atoms with Gasteiger partial charge in [-0.05, 0) is 30.9 Å². The Morgan fingerprint density at radius 1 is 1.21 bits per heavy atom. The monoisotopic (exact) mass is 210 g/mol. The van der Waals surface area contributed by atoms with E-state index in [4.69, 9.17) is 0 Å². The molecule has 0 aliphatic rings. The lowest BCUT2D eigenvalue weighted by molar-refractivity contribution is 0.252. The molecule has 0 spiro atoms. The van der Waals surface area contributed by atoms with Crippen molar-refractivity contribution >= 4 is 11.8 Å². The zero-order valence-corrected chi connectivity index (χ0v) is 10.1. The normalized spacial score (nSPS) is 13.2. The molecule has 1 aromatic rings. The van der Waals surface area contributed by atoms with E-state index >= 15 is 0 Å². The Bertz CT molecular complexity index is 269. The molecule has 1 N–H and O–H groups in total.